The zero-order chi connectivity index (χ0) is 31.8. The monoisotopic (exact) mass is 619 g/mol. The maximum Gasteiger partial charge on any atom is 0.219 e. The third-order valence-corrected chi connectivity index (χ3v) is 10.2. The SMILES string of the molecule is CCCCCC1CCC(c2ccc(Oc3ccc(C[N+]4(C)CCc5cc(OC)c(OCc6ccccc6)cc5C4)cn3)cc2)CC1. The molecule has 0 saturated heterocycles. The smallest absolute Gasteiger partial charge is 0.219 e. The molecule has 1 unspecified atom stereocenters. The highest BCUT2D eigenvalue weighted by Gasteiger charge is 2.30. The van der Waals surface area contributed by atoms with Crippen LogP contribution in [0.5, 0.6) is 23.1 Å². The van der Waals surface area contributed by atoms with Crippen LogP contribution in [0.4, 0.5) is 0 Å². The maximum absolute atomic E-state index is 6.23. The Bertz CT molecular complexity index is 1530. The van der Waals surface area contributed by atoms with Crippen LogP contribution in [-0.4, -0.2) is 30.2 Å². The van der Waals surface area contributed by atoms with E-state index in [0.29, 0.717) is 18.4 Å². The Morgan fingerprint density at radius 2 is 1.61 bits per heavy atom. The van der Waals surface area contributed by atoms with Crippen molar-refractivity contribution >= 4 is 0 Å². The molecular weight excluding hydrogens is 568 g/mol. The normalized spacial score (nSPS) is 20.9. The molecule has 1 aliphatic carbocycles. The van der Waals surface area contributed by atoms with Crippen molar-refractivity contribution in [2.75, 3.05) is 20.7 Å². The summed E-state index contributed by atoms with van der Waals surface area (Å²) in [5.41, 5.74) is 6.49. The second kappa shape index (κ2) is 15.2. The largest absolute Gasteiger partial charge is 0.493 e. The fourth-order valence-corrected chi connectivity index (χ4v) is 7.45. The first-order valence-electron chi connectivity index (χ1n) is 17.4. The number of rotatable bonds is 13. The second-order valence-electron chi connectivity index (χ2n) is 13.8. The van der Waals surface area contributed by atoms with Gasteiger partial charge in [-0.2, -0.15) is 0 Å². The van der Waals surface area contributed by atoms with Crippen LogP contribution >= 0.6 is 0 Å². The van der Waals surface area contributed by atoms with Crippen molar-refractivity contribution < 1.29 is 18.7 Å². The summed E-state index contributed by atoms with van der Waals surface area (Å²) in [5, 5.41) is 0. The summed E-state index contributed by atoms with van der Waals surface area (Å²) in [6, 6.07) is 27.5. The van der Waals surface area contributed by atoms with Crippen molar-refractivity contribution in [1.82, 2.24) is 4.98 Å². The zero-order valence-electron chi connectivity index (χ0n) is 28.0. The van der Waals surface area contributed by atoms with Gasteiger partial charge in [-0.25, -0.2) is 4.98 Å². The van der Waals surface area contributed by atoms with Crippen molar-refractivity contribution in [3.8, 4) is 23.1 Å². The zero-order valence-corrected chi connectivity index (χ0v) is 28.0. The van der Waals surface area contributed by atoms with E-state index in [9.17, 15) is 0 Å². The molecule has 0 radical (unpaired) electrons. The van der Waals surface area contributed by atoms with Gasteiger partial charge in [0.25, 0.3) is 0 Å². The van der Waals surface area contributed by atoms with Crippen LogP contribution < -0.4 is 14.2 Å². The number of likely N-dealkylation sites (N-methyl/N-ethyl adjacent to an activating group) is 1. The Morgan fingerprint density at radius 1 is 0.826 bits per heavy atom. The van der Waals surface area contributed by atoms with E-state index in [-0.39, 0.29) is 0 Å². The second-order valence-corrected chi connectivity index (χ2v) is 13.8. The molecule has 1 atom stereocenters. The van der Waals surface area contributed by atoms with Gasteiger partial charge < -0.3 is 18.7 Å². The minimum Gasteiger partial charge on any atom is -0.493 e. The van der Waals surface area contributed by atoms with Gasteiger partial charge in [0.2, 0.25) is 5.88 Å². The lowest BCUT2D eigenvalue weighted by molar-refractivity contribution is -0.937. The molecule has 3 aromatic carbocycles. The molecule has 5 nitrogen and oxygen atoms in total. The van der Waals surface area contributed by atoms with Crippen LogP contribution in [-0.2, 0) is 26.1 Å². The van der Waals surface area contributed by atoms with Gasteiger partial charge >= 0.3 is 0 Å². The van der Waals surface area contributed by atoms with Crippen molar-refractivity contribution in [2.45, 2.75) is 90.3 Å². The van der Waals surface area contributed by atoms with E-state index >= 15 is 0 Å². The number of benzene rings is 3. The van der Waals surface area contributed by atoms with Gasteiger partial charge in [-0.05, 0) is 84.5 Å². The molecule has 1 fully saturated rings. The van der Waals surface area contributed by atoms with E-state index in [4.69, 9.17) is 14.2 Å². The average molecular weight is 620 g/mol. The van der Waals surface area contributed by atoms with E-state index in [2.05, 4.69) is 73.6 Å². The molecule has 1 aliphatic heterocycles. The average Bonchev–Trinajstić information content (AvgIpc) is 3.09. The number of quaternary nitrogens is 1. The molecule has 0 bridgehead atoms. The molecule has 4 aromatic rings. The molecular formula is C41H51N2O3+. The van der Waals surface area contributed by atoms with Crippen LogP contribution in [0, 0.1) is 5.92 Å². The first-order chi connectivity index (χ1) is 22.5. The number of unbranched alkanes of at least 4 members (excludes halogenated alkanes) is 2. The minimum atomic E-state index is 0.520. The number of nitrogens with zero attached hydrogens (tertiary/aromatic N) is 2. The molecule has 6 rings (SSSR count). The Balaban J connectivity index is 1.02. The van der Waals surface area contributed by atoms with Crippen LogP contribution in [0.25, 0.3) is 0 Å². The van der Waals surface area contributed by atoms with Gasteiger partial charge in [0, 0.05) is 29.8 Å². The molecule has 1 saturated carbocycles. The predicted octanol–water partition coefficient (Wildman–Crippen LogP) is 10.0. The Labute approximate surface area is 276 Å². The maximum atomic E-state index is 6.23. The lowest BCUT2D eigenvalue weighted by atomic mass is 9.77. The van der Waals surface area contributed by atoms with Crippen molar-refractivity contribution in [3.63, 3.8) is 0 Å². The fraction of sp³-hybridized carbons (Fsp3) is 0.439. The number of aromatic nitrogens is 1. The van der Waals surface area contributed by atoms with Crippen molar-refractivity contribution in [2.24, 2.45) is 5.92 Å². The topological polar surface area (TPSA) is 40.6 Å². The summed E-state index contributed by atoms with van der Waals surface area (Å²) < 4.78 is 19.0. The van der Waals surface area contributed by atoms with Crippen LogP contribution in [0.2, 0.25) is 0 Å². The lowest BCUT2D eigenvalue weighted by Crippen LogP contribution is -2.46. The number of pyridine rings is 1. The standard InChI is InChI=1S/C41H51N2O3/c1-4-5-7-10-31-13-16-34(17-14-31)35-18-20-38(21-19-35)46-41-22-15-33(27-42-41)28-43(2)24-23-36-25-39(44-3)40(26-37(36)29-43)45-30-32-11-8-6-9-12-32/h6,8-9,11-12,15,18-22,25-27,31,34H,4-5,7,10,13-14,16-17,23-24,28-30H2,1-3H3/q+1. The van der Waals surface area contributed by atoms with Gasteiger partial charge in [0.1, 0.15) is 25.4 Å². The van der Waals surface area contributed by atoms with Gasteiger partial charge in [-0.3, -0.25) is 0 Å². The summed E-state index contributed by atoms with van der Waals surface area (Å²) in [5.74, 6) is 4.74. The molecule has 0 amide bonds. The molecule has 1 aromatic heterocycles. The predicted molar refractivity (Wildman–Crippen MR) is 186 cm³/mol. The van der Waals surface area contributed by atoms with E-state index in [1.54, 1.807) is 7.11 Å². The number of hydrogen-bond donors (Lipinski definition) is 0. The molecule has 0 N–H and O–H groups in total. The summed E-state index contributed by atoms with van der Waals surface area (Å²) >= 11 is 0. The number of hydrogen-bond acceptors (Lipinski definition) is 4. The Kier molecular flexibility index (Phi) is 10.6. The van der Waals surface area contributed by atoms with Gasteiger partial charge in [-0.1, -0.05) is 75.1 Å². The summed E-state index contributed by atoms with van der Waals surface area (Å²) in [6.07, 6.45) is 13.9. The van der Waals surface area contributed by atoms with E-state index < -0.39 is 0 Å². The lowest BCUT2D eigenvalue weighted by Gasteiger charge is -2.39. The minimum absolute atomic E-state index is 0.520. The van der Waals surface area contributed by atoms with Crippen LogP contribution in [0.1, 0.15) is 92.0 Å². The van der Waals surface area contributed by atoms with Crippen LogP contribution in [0.3, 0.4) is 0 Å². The first-order valence-corrected chi connectivity index (χ1v) is 17.4. The van der Waals surface area contributed by atoms with Crippen molar-refractivity contribution in [1.29, 1.82) is 0 Å². The van der Waals surface area contributed by atoms with E-state index in [1.807, 2.05) is 30.5 Å². The molecule has 0 spiro atoms. The van der Waals surface area contributed by atoms with Crippen molar-refractivity contribution in [3.05, 3.63) is 113 Å². The highest BCUT2D eigenvalue weighted by Crippen LogP contribution is 2.39. The third-order valence-electron chi connectivity index (χ3n) is 10.2. The number of fused-ring (bicyclic) bond motifs is 1. The van der Waals surface area contributed by atoms with Crippen LogP contribution in [0.15, 0.2) is 85.1 Å². The summed E-state index contributed by atoms with van der Waals surface area (Å²) in [4.78, 5) is 4.69. The third kappa shape index (κ3) is 8.30. The molecule has 242 valence electrons. The highest BCUT2D eigenvalue weighted by molar-refractivity contribution is 5.48. The first kappa shape index (κ1) is 32.1. The quantitative estimate of drug-likeness (QED) is 0.110. The Hall–Kier alpha value is -3.83. The number of methoxy groups -OCH3 is 1. The Morgan fingerprint density at radius 3 is 2.33 bits per heavy atom. The molecule has 5 heteroatoms. The molecule has 2 heterocycles. The van der Waals surface area contributed by atoms with Gasteiger partial charge in [0.15, 0.2) is 11.5 Å². The van der Waals surface area contributed by atoms with E-state index in [1.165, 1.54) is 73.6 Å². The summed E-state index contributed by atoms with van der Waals surface area (Å²) in [7, 11) is 4.05. The van der Waals surface area contributed by atoms with E-state index in [0.717, 1.165) is 59.3 Å². The number of ether oxygens (including phenoxy) is 3. The van der Waals surface area contributed by atoms with Gasteiger partial charge in [-0.15, -0.1) is 0 Å². The summed E-state index contributed by atoms with van der Waals surface area (Å²) in [6.45, 7) is 5.72. The van der Waals surface area contributed by atoms with Gasteiger partial charge in [0.05, 0.1) is 20.7 Å². The highest BCUT2D eigenvalue weighted by atomic mass is 16.5. The molecule has 46 heavy (non-hydrogen) atoms. The fourth-order valence-electron chi connectivity index (χ4n) is 7.45. The molecule has 2 aliphatic rings.